The molecule has 0 radical (unpaired) electrons. The zero-order valence-electron chi connectivity index (χ0n) is 9.56. The Morgan fingerprint density at radius 1 is 1.35 bits per heavy atom. The van der Waals surface area contributed by atoms with E-state index in [1.807, 2.05) is 30.5 Å². The summed E-state index contributed by atoms with van der Waals surface area (Å²) in [6.07, 6.45) is 3.65. The first-order valence-corrected chi connectivity index (χ1v) is 6.25. The van der Waals surface area contributed by atoms with Crippen LogP contribution in [0.15, 0.2) is 35.4 Å². The molecule has 1 N–H and O–H groups in total. The van der Waals surface area contributed by atoms with E-state index in [2.05, 4.69) is 14.7 Å². The molecule has 0 amide bonds. The summed E-state index contributed by atoms with van der Waals surface area (Å²) < 4.78 is 4.59. The SMILES string of the molecule is COC(=O)c1ncc(-c2ccc(SC)cc2)[nH]1. The molecule has 1 aromatic carbocycles. The summed E-state index contributed by atoms with van der Waals surface area (Å²) in [5.74, 6) is -0.242. The van der Waals surface area contributed by atoms with E-state index in [1.165, 1.54) is 12.0 Å². The van der Waals surface area contributed by atoms with E-state index in [1.54, 1.807) is 18.0 Å². The minimum atomic E-state index is -0.461. The Labute approximate surface area is 103 Å². The zero-order valence-corrected chi connectivity index (χ0v) is 10.4. The lowest BCUT2D eigenvalue weighted by molar-refractivity contribution is 0.0588. The quantitative estimate of drug-likeness (QED) is 0.670. The van der Waals surface area contributed by atoms with E-state index < -0.39 is 5.97 Å². The van der Waals surface area contributed by atoms with Gasteiger partial charge in [-0.2, -0.15) is 0 Å². The average molecular weight is 248 g/mol. The highest BCUT2D eigenvalue weighted by Crippen LogP contribution is 2.21. The van der Waals surface area contributed by atoms with Gasteiger partial charge in [-0.25, -0.2) is 9.78 Å². The number of methoxy groups -OCH3 is 1. The standard InChI is InChI=1S/C12H12N2O2S/c1-16-12(15)11-13-7-10(14-11)8-3-5-9(17-2)6-4-8/h3-7H,1-2H3,(H,13,14). The smallest absolute Gasteiger partial charge is 0.374 e. The molecule has 2 rings (SSSR count). The predicted molar refractivity (Wildman–Crippen MR) is 67.1 cm³/mol. The maximum absolute atomic E-state index is 11.2. The molecular formula is C12H12N2O2S. The molecule has 0 aliphatic carbocycles. The van der Waals surface area contributed by atoms with E-state index >= 15 is 0 Å². The molecule has 1 aromatic heterocycles. The summed E-state index contributed by atoms with van der Waals surface area (Å²) in [5.41, 5.74) is 1.79. The monoisotopic (exact) mass is 248 g/mol. The Bertz CT molecular complexity index is 520. The Kier molecular flexibility index (Phi) is 3.49. The summed E-state index contributed by atoms with van der Waals surface area (Å²) in [4.78, 5) is 19.3. The fourth-order valence-electron chi connectivity index (χ4n) is 1.44. The van der Waals surface area contributed by atoms with Crippen molar-refractivity contribution in [3.63, 3.8) is 0 Å². The van der Waals surface area contributed by atoms with Gasteiger partial charge in [0.1, 0.15) is 0 Å². The summed E-state index contributed by atoms with van der Waals surface area (Å²) >= 11 is 1.69. The Morgan fingerprint density at radius 2 is 2.06 bits per heavy atom. The van der Waals surface area contributed by atoms with Crippen LogP contribution < -0.4 is 0 Å². The minimum Gasteiger partial charge on any atom is -0.463 e. The number of thioether (sulfide) groups is 1. The number of nitrogens with zero attached hydrogens (tertiary/aromatic N) is 1. The van der Waals surface area contributed by atoms with Gasteiger partial charge in [0.15, 0.2) is 0 Å². The molecule has 17 heavy (non-hydrogen) atoms. The highest BCUT2D eigenvalue weighted by molar-refractivity contribution is 7.98. The van der Waals surface area contributed by atoms with Crippen LogP contribution >= 0.6 is 11.8 Å². The maximum Gasteiger partial charge on any atom is 0.374 e. The first-order valence-electron chi connectivity index (χ1n) is 5.02. The van der Waals surface area contributed by atoms with Crippen LogP contribution in [0.1, 0.15) is 10.6 Å². The lowest BCUT2D eigenvalue weighted by Gasteiger charge is -1.99. The van der Waals surface area contributed by atoms with Crippen LogP contribution in [0, 0.1) is 0 Å². The highest BCUT2D eigenvalue weighted by atomic mass is 32.2. The van der Waals surface area contributed by atoms with E-state index in [0.717, 1.165) is 11.3 Å². The number of aromatic nitrogens is 2. The summed E-state index contributed by atoms with van der Waals surface area (Å²) in [7, 11) is 1.33. The fraction of sp³-hybridized carbons (Fsp3) is 0.167. The highest BCUT2D eigenvalue weighted by Gasteiger charge is 2.10. The molecule has 2 aromatic rings. The molecule has 0 bridgehead atoms. The summed E-state index contributed by atoms with van der Waals surface area (Å²) in [6, 6.07) is 8.03. The van der Waals surface area contributed by atoms with Crippen molar-refractivity contribution in [3.8, 4) is 11.3 Å². The summed E-state index contributed by atoms with van der Waals surface area (Å²) in [5, 5.41) is 0. The second-order valence-electron chi connectivity index (χ2n) is 3.37. The van der Waals surface area contributed by atoms with Gasteiger partial charge in [0, 0.05) is 4.90 Å². The van der Waals surface area contributed by atoms with Gasteiger partial charge < -0.3 is 9.72 Å². The van der Waals surface area contributed by atoms with Gasteiger partial charge in [0.05, 0.1) is 19.0 Å². The molecule has 0 aliphatic heterocycles. The number of carbonyl (C=O) groups is 1. The topological polar surface area (TPSA) is 55.0 Å². The molecule has 0 spiro atoms. The number of ether oxygens (including phenoxy) is 1. The van der Waals surface area contributed by atoms with Crippen molar-refractivity contribution >= 4 is 17.7 Å². The van der Waals surface area contributed by atoms with Crippen LogP contribution in [0.2, 0.25) is 0 Å². The largest absolute Gasteiger partial charge is 0.463 e. The van der Waals surface area contributed by atoms with Gasteiger partial charge in [-0.3, -0.25) is 0 Å². The van der Waals surface area contributed by atoms with Crippen LogP contribution in [-0.4, -0.2) is 29.3 Å². The summed E-state index contributed by atoms with van der Waals surface area (Å²) in [6.45, 7) is 0. The van der Waals surface area contributed by atoms with E-state index in [4.69, 9.17) is 0 Å². The zero-order chi connectivity index (χ0) is 12.3. The molecule has 0 aliphatic rings. The molecule has 0 atom stereocenters. The number of nitrogens with one attached hydrogen (secondary N) is 1. The van der Waals surface area contributed by atoms with Crippen LogP contribution in [0.5, 0.6) is 0 Å². The van der Waals surface area contributed by atoms with Crippen molar-refractivity contribution in [2.75, 3.05) is 13.4 Å². The number of H-pyrrole nitrogens is 1. The molecule has 5 heteroatoms. The maximum atomic E-state index is 11.2. The first kappa shape index (κ1) is 11.7. The minimum absolute atomic E-state index is 0.219. The Morgan fingerprint density at radius 3 is 2.65 bits per heavy atom. The lowest BCUT2D eigenvalue weighted by Crippen LogP contribution is -2.03. The molecular weight excluding hydrogens is 236 g/mol. The van der Waals surface area contributed by atoms with E-state index in [0.29, 0.717) is 0 Å². The van der Waals surface area contributed by atoms with Crippen molar-refractivity contribution in [2.24, 2.45) is 0 Å². The van der Waals surface area contributed by atoms with Gasteiger partial charge >= 0.3 is 5.97 Å². The predicted octanol–water partition coefficient (Wildman–Crippen LogP) is 2.59. The third-order valence-electron chi connectivity index (χ3n) is 2.36. The second kappa shape index (κ2) is 5.05. The number of imidazole rings is 1. The van der Waals surface area contributed by atoms with Crippen LogP contribution in [-0.2, 0) is 4.74 Å². The van der Waals surface area contributed by atoms with E-state index in [-0.39, 0.29) is 5.82 Å². The van der Waals surface area contributed by atoms with Gasteiger partial charge in [0.25, 0.3) is 0 Å². The van der Waals surface area contributed by atoms with Crippen molar-refractivity contribution in [3.05, 3.63) is 36.3 Å². The van der Waals surface area contributed by atoms with Crippen molar-refractivity contribution in [1.82, 2.24) is 9.97 Å². The average Bonchev–Trinajstić information content (AvgIpc) is 2.87. The molecule has 0 saturated carbocycles. The van der Waals surface area contributed by atoms with Crippen LogP contribution in [0.4, 0.5) is 0 Å². The molecule has 0 unspecified atom stereocenters. The van der Waals surface area contributed by atoms with E-state index in [9.17, 15) is 4.79 Å². The van der Waals surface area contributed by atoms with Gasteiger partial charge in [0.2, 0.25) is 5.82 Å². The van der Waals surface area contributed by atoms with Gasteiger partial charge in [-0.05, 0) is 24.0 Å². The third kappa shape index (κ3) is 2.50. The number of benzene rings is 1. The number of esters is 1. The third-order valence-corrected chi connectivity index (χ3v) is 3.10. The van der Waals surface area contributed by atoms with Crippen molar-refractivity contribution in [2.45, 2.75) is 4.90 Å². The number of hydrogen-bond acceptors (Lipinski definition) is 4. The second-order valence-corrected chi connectivity index (χ2v) is 4.25. The van der Waals surface area contributed by atoms with Gasteiger partial charge in [-0.15, -0.1) is 11.8 Å². The van der Waals surface area contributed by atoms with Crippen molar-refractivity contribution < 1.29 is 9.53 Å². The normalized spacial score (nSPS) is 10.2. The lowest BCUT2D eigenvalue weighted by atomic mass is 10.2. The number of hydrogen-bond donors (Lipinski definition) is 1. The number of carbonyl (C=O) groups excluding carboxylic acids is 1. The van der Waals surface area contributed by atoms with Crippen LogP contribution in [0.3, 0.4) is 0 Å². The molecule has 4 nitrogen and oxygen atoms in total. The number of aromatic amines is 1. The number of rotatable bonds is 3. The van der Waals surface area contributed by atoms with Crippen LogP contribution in [0.25, 0.3) is 11.3 Å². The fourth-order valence-corrected chi connectivity index (χ4v) is 1.85. The van der Waals surface area contributed by atoms with Gasteiger partial charge in [-0.1, -0.05) is 12.1 Å². The molecule has 1 heterocycles. The molecule has 0 saturated heterocycles. The molecule has 0 fully saturated rings. The van der Waals surface area contributed by atoms with Crippen molar-refractivity contribution in [1.29, 1.82) is 0 Å². The molecule has 88 valence electrons. The Hall–Kier alpha value is -1.75. The Balaban J connectivity index is 2.27. The first-order chi connectivity index (χ1) is 8.24.